The van der Waals surface area contributed by atoms with Crippen LogP contribution in [0.2, 0.25) is 0 Å². The standard InChI is InChI=1S/C16H25N3O4/c1-10-9-13(19-23-10)14(20)17-11-7-5-6-8-12(11)18-15(21)22-16(2,3)4/h9,11-12H,5-8H2,1-4H3,(H,17,20)(H,18,21)/t11-,12+/m0/s1. The van der Waals surface area contributed by atoms with Crippen LogP contribution < -0.4 is 10.6 Å². The number of amides is 2. The number of hydrogen-bond acceptors (Lipinski definition) is 5. The molecule has 0 aromatic carbocycles. The molecule has 1 fully saturated rings. The van der Waals surface area contributed by atoms with E-state index in [0.29, 0.717) is 5.76 Å². The molecular weight excluding hydrogens is 298 g/mol. The van der Waals surface area contributed by atoms with Crippen LogP contribution in [0.4, 0.5) is 4.79 Å². The molecule has 1 saturated carbocycles. The van der Waals surface area contributed by atoms with Crippen molar-refractivity contribution in [3.05, 3.63) is 17.5 Å². The van der Waals surface area contributed by atoms with Gasteiger partial charge in [0.05, 0.1) is 6.04 Å². The van der Waals surface area contributed by atoms with E-state index >= 15 is 0 Å². The molecule has 0 radical (unpaired) electrons. The van der Waals surface area contributed by atoms with Crippen LogP contribution in [-0.2, 0) is 4.74 Å². The Labute approximate surface area is 136 Å². The van der Waals surface area contributed by atoms with E-state index in [1.165, 1.54) is 0 Å². The van der Waals surface area contributed by atoms with Crippen LogP contribution in [-0.4, -0.2) is 34.8 Å². The first-order chi connectivity index (χ1) is 10.7. The van der Waals surface area contributed by atoms with E-state index < -0.39 is 11.7 Å². The maximum absolute atomic E-state index is 12.2. The summed E-state index contributed by atoms with van der Waals surface area (Å²) in [6.45, 7) is 7.19. The molecule has 2 rings (SSSR count). The highest BCUT2D eigenvalue weighted by atomic mass is 16.6. The van der Waals surface area contributed by atoms with Gasteiger partial charge in [0.2, 0.25) is 0 Å². The summed E-state index contributed by atoms with van der Waals surface area (Å²) in [6, 6.07) is 1.31. The van der Waals surface area contributed by atoms with Crippen molar-refractivity contribution in [1.29, 1.82) is 0 Å². The fraction of sp³-hybridized carbons (Fsp3) is 0.688. The predicted octanol–water partition coefficient (Wildman–Crippen LogP) is 2.55. The Hall–Kier alpha value is -2.05. The van der Waals surface area contributed by atoms with Gasteiger partial charge in [-0.3, -0.25) is 4.79 Å². The van der Waals surface area contributed by atoms with Gasteiger partial charge in [-0.15, -0.1) is 0 Å². The lowest BCUT2D eigenvalue weighted by Gasteiger charge is -2.33. The third kappa shape index (κ3) is 5.26. The number of alkyl carbamates (subject to hydrolysis) is 1. The second-order valence-corrected chi connectivity index (χ2v) is 6.94. The smallest absolute Gasteiger partial charge is 0.407 e. The van der Waals surface area contributed by atoms with Gasteiger partial charge in [0.15, 0.2) is 5.69 Å². The fourth-order valence-corrected chi connectivity index (χ4v) is 2.65. The largest absolute Gasteiger partial charge is 0.444 e. The van der Waals surface area contributed by atoms with Crippen LogP contribution in [0.15, 0.2) is 10.6 Å². The molecule has 0 saturated heterocycles. The number of rotatable bonds is 3. The minimum absolute atomic E-state index is 0.138. The number of carbonyl (C=O) groups excluding carboxylic acids is 2. The van der Waals surface area contributed by atoms with Crippen molar-refractivity contribution in [3.63, 3.8) is 0 Å². The molecule has 1 aliphatic carbocycles. The Bertz CT molecular complexity index is 562. The summed E-state index contributed by atoms with van der Waals surface area (Å²) in [4.78, 5) is 24.2. The Balaban J connectivity index is 1.95. The summed E-state index contributed by atoms with van der Waals surface area (Å²) in [7, 11) is 0. The first kappa shape index (κ1) is 17.3. The number of nitrogens with one attached hydrogen (secondary N) is 2. The summed E-state index contributed by atoms with van der Waals surface area (Å²) < 4.78 is 10.2. The van der Waals surface area contributed by atoms with E-state index in [0.717, 1.165) is 25.7 Å². The number of nitrogens with zero attached hydrogens (tertiary/aromatic N) is 1. The van der Waals surface area contributed by atoms with E-state index in [1.54, 1.807) is 13.0 Å². The highest BCUT2D eigenvalue weighted by molar-refractivity contribution is 5.92. The first-order valence-corrected chi connectivity index (χ1v) is 7.98. The molecule has 1 aliphatic rings. The molecule has 0 bridgehead atoms. The topological polar surface area (TPSA) is 93.5 Å². The summed E-state index contributed by atoms with van der Waals surface area (Å²) in [5.74, 6) is 0.298. The van der Waals surface area contributed by atoms with Crippen molar-refractivity contribution in [3.8, 4) is 0 Å². The van der Waals surface area contributed by atoms with Crippen molar-refractivity contribution in [1.82, 2.24) is 15.8 Å². The van der Waals surface area contributed by atoms with Crippen molar-refractivity contribution in [2.45, 2.75) is 71.1 Å². The minimum Gasteiger partial charge on any atom is -0.444 e. The van der Waals surface area contributed by atoms with E-state index in [4.69, 9.17) is 9.26 Å². The SMILES string of the molecule is Cc1cc(C(=O)N[C@H]2CCCC[C@H]2NC(=O)OC(C)(C)C)no1. The van der Waals surface area contributed by atoms with Crippen molar-refractivity contribution in [2.24, 2.45) is 0 Å². The summed E-state index contributed by atoms with van der Waals surface area (Å²) in [6.07, 6.45) is 3.18. The maximum Gasteiger partial charge on any atom is 0.407 e. The van der Waals surface area contributed by atoms with E-state index in [1.807, 2.05) is 20.8 Å². The predicted molar refractivity (Wildman–Crippen MR) is 84.1 cm³/mol. The van der Waals surface area contributed by atoms with Gasteiger partial charge in [-0.05, 0) is 40.5 Å². The van der Waals surface area contributed by atoms with Crippen molar-refractivity contribution >= 4 is 12.0 Å². The molecule has 23 heavy (non-hydrogen) atoms. The summed E-state index contributed by atoms with van der Waals surface area (Å²) in [5.41, 5.74) is -0.292. The van der Waals surface area contributed by atoms with E-state index in [9.17, 15) is 9.59 Å². The molecular formula is C16H25N3O4. The Kier molecular flexibility index (Phi) is 5.28. The van der Waals surface area contributed by atoms with E-state index in [-0.39, 0.29) is 23.7 Å². The Morgan fingerprint density at radius 1 is 1.22 bits per heavy atom. The van der Waals surface area contributed by atoms with Gasteiger partial charge in [-0.1, -0.05) is 18.0 Å². The summed E-state index contributed by atoms with van der Waals surface area (Å²) in [5, 5.41) is 9.52. The zero-order valence-electron chi connectivity index (χ0n) is 14.1. The molecule has 7 heteroatoms. The first-order valence-electron chi connectivity index (χ1n) is 7.98. The molecule has 0 aliphatic heterocycles. The summed E-state index contributed by atoms with van der Waals surface area (Å²) >= 11 is 0. The number of aromatic nitrogens is 1. The number of carbonyl (C=O) groups is 2. The fourth-order valence-electron chi connectivity index (χ4n) is 2.65. The van der Waals surface area contributed by atoms with Gasteiger partial charge in [0.25, 0.3) is 5.91 Å². The van der Waals surface area contributed by atoms with Crippen LogP contribution in [0.25, 0.3) is 0 Å². The van der Waals surface area contributed by atoms with E-state index in [2.05, 4.69) is 15.8 Å². The molecule has 0 unspecified atom stereocenters. The maximum atomic E-state index is 12.2. The molecule has 7 nitrogen and oxygen atoms in total. The lowest BCUT2D eigenvalue weighted by molar-refractivity contribution is 0.0474. The molecule has 128 valence electrons. The minimum atomic E-state index is -0.546. The molecule has 2 atom stereocenters. The normalized spacial score (nSPS) is 21.6. The third-order valence-electron chi connectivity index (χ3n) is 3.65. The van der Waals surface area contributed by atoms with Gasteiger partial charge in [-0.2, -0.15) is 0 Å². The average molecular weight is 323 g/mol. The second-order valence-electron chi connectivity index (χ2n) is 6.94. The second kappa shape index (κ2) is 7.02. The zero-order chi connectivity index (χ0) is 17.0. The lowest BCUT2D eigenvalue weighted by atomic mass is 9.90. The van der Waals surface area contributed by atoms with Gasteiger partial charge in [-0.25, -0.2) is 4.79 Å². The van der Waals surface area contributed by atoms with Crippen LogP contribution in [0.1, 0.15) is 62.7 Å². The molecule has 0 spiro atoms. The monoisotopic (exact) mass is 323 g/mol. The number of aryl methyl sites for hydroxylation is 1. The average Bonchev–Trinajstić information content (AvgIpc) is 2.85. The van der Waals surface area contributed by atoms with Crippen LogP contribution in [0.5, 0.6) is 0 Å². The van der Waals surface area contributed by atoms with Gasteiger partial charge in [0, 0.05) is 12.1 Å². The van der Waals surface area contributed by atoms with Gasteiger partial charge >= 0.3 is 6.09 Å². The molecule has 1 aromatic heterocycles. The molecule has 1 aromatic rings. The van der Waals surface area contributed by atoms with Crippen molar-refractivity contribution in [2.75, 3.05) is 0 Å². The quantitative estimate of drug-likeness (QED) is 0.891. The van der Waals surface area contributed by atoms with Crippen LogP contribution in [0.3, 0.4) is 0 Å². The van der Waals surface area contributed by atoms with Crippen molar-refractivity contribution < 1.29 is 18.8 Å². The highest BCUT2D eigenvalue weighted by Gasteiger charge is 2.30. The Morgan fingerprint density at radius 2 is 1.83 bits per heavy atom. The number of hydrogen-bond donors (Lipinski definition) is 2. The molecule has 1 heterocycles. The number of ether oxygens (including phenoxy) is 1. The zero-order valence-corrected chi connectivity index (χ0v) is 14.1. The highest BCUT2D eigenvalue weighted by Crippen LogP contribution is 2.20. The van der Waals surface area contributed by atoms with Crippen LogP contribution in [0, 0.1) is 6.92 Å². The third-order valence-corrected chi connectivity index (χ3v) is 3.65. The Morgan fingerprint density at radius 3 is 2.35 bits per heavy atom. The lowest BCUT2D eigenvalue weighted by Crippen LogP contribution is -2.54. The molecule has 2 amide bonds. The van der Waals surface area contributed by atoms with Crippen LogP contribution >= 0.6 is 0 Å². The van der Waals surface area contributed by atoms with Gasteiger partial charge in [0.1, 0.15) is 11.4 Å². The van der Waals surface area contributed by atoms with Gasteiger partial charge < -0.3 is 19.9 Å². The molecule has 2 N–H and O–H groups in total.